The summed E-state index contributed by atoms with van der Waals surface area (Å²) < 4.78 is 1.62. The third kappa shape index (κ3) is 2.75. The number of aromatic nitrogens is 3. The second kappa shape index (κ2) is 5.42. The van der Waals surface area contributed by atoms with Crippen LogP contribution in [-0.4, -0.2) is 14.6 Å². The van der Waals surface area contributed by atoms with Crippen LogP contribution in [0.4, 0.5) is 11.6 Å². The molecule has 2 heterocycles. The van der Waals surface area contributed by atoms with Gasteiger partial charge in [-0.3, -0.25) is 0 Å². The zero-order valence-electron chi connectivity index (χ0n) is 11.3. The van der Waals surface area contributed by atoms with E-state index in [-0.39, 0.29) is 0 Å². The molecule has 0 unspecified atom stereocenters. The molecule has 0 saturated heterocycles. The average molecular weight is 322 g/mol. The molecule has 0 amide bonds. The summed E-state index contributed by atoms with van der Waals surface area (Å²) in [5, 5.41) is 8.71. The second-order valence-corrected chi connectivity index (χ2v) is 5.49. The molecule has 0 saturated carbocycles. The van der Waals surface area contributed by atoms with Gasteiger partial charge in [0.15, 0.2) is 5.65 Å². The van der Waals surface area contributed by atoms with E-state index in [0.717, 1.165) is 16.9 Å². The Morgan fingerprint density at radius 1 is 1.19 bits per heavy atom. The lowest BCUT2D eigenvalue weighted by molar-refractivity contribution is 0.933. The number of hydrogen-bond acceptors (Lipinski definition) is 4. The van der Waals surface area contributed by atoms with Crippen molar-refractivity contribution >= 4 is 40.5 Å². The van der Waals surface area contributed by atoms with Gasteiger partial charge in [-0.2, -0.15) is 4.52 Å². The molecular weight excluding hydrogens is 309 g/mol. The first-order valence-electron chi connectivity index (χ1n) is 6.34. The summed E-state index contributed by atoms with van der Waals surface area (Å²) >= 11 is 11.9. The third-order valence-corrected chi connectivity index (χ3v) is 3.89. The van der Waals surface area contributed by atoms with Gasteiger partial charge in [0.1, 0.15) is 11.6 Å². The van der Waals surface area contributed by atoms with Crippen LogP contribution in [-0.2, 0) is 6.54 Å². The second-order valence-electron chi connectivity index (χ2n) is 4.67. The number of nitrogens with zero attached hydrogens (tertiary/aromatic N) is 3. The number of nitrogen functional groups attached to an aromatic ring is 1. The lowest BCUT2D eigenvalue weighted by atomic mass is 10.2. The molecule has 0 atom stereocenters. The number of halogens is 2. The Morgan fingerprint density at radius 2 is 2.00 bits per heavy atom. The molecule has 0 aliphatic carbocycles. The van der Waals surface area contributed by atoms with Crippen molar-refractivity contribution in [1.29, 1.82) is 0 Å². The fourth-order valence-corrected chi connectivity index (χ4v) is 2.32. The van der Waals surface area contributed by atoms with E-state index < -0.39 is 0 Å². The number of benzene rings is 1. The van der Waals surface area contributed by atoms with Crippen molar-refractivity contribution in [2.45, 2.75) is 13.5 Å². The molecule has 0 spiro atoms. The fraction of sp³-hybridized carbons (Fsp3) is 0.143. The maximum atomic E-state index is 5.99. The van der Waals surface area contributed by atoms with Crippen LogP contribution < -0.4 is 11.1 Å². The van der Waals surface area contributed by atoms with Crippen LogP contribution in [0.5, 0.6) is 0 Å². The number of rotatable bonds is 3. The van der Waals surface area contributed by atoms with E-state index in [0.29, 0.717) is 28.2 Å². The summed E-state index contributed by atoms with van der Waals surface area (Å²) in [6.45, 7) is 2.44. The summed E-state index contributed by atoms with van der Waals surface area (Å²) in [6.07, 6.45) is 0. The monoisotopic (exact) mass is 321 g/mol. The van der Waals surface area contributed by atoms with Gasteiger partial charge >= 0.3 is 0 Å². The van der Waals surface area contributed by atoms with Crippen LogP contribution in [0.15, 0.2) is 30.3 Å². The van der Waals surface area contributed by atoms with Crippen molar-refractivity contribution in [3.8, 4) is 0 Å². The summed E-state index contributed by atoms with van der Waals surface area (Å²) in [5.41, 5.74) is 8.44. The molecular formula is C14H13Cl2N5. The van der Waals surface area contributed by atoms with Crippen LogP contribution in [0.1, 0.15) is 11.3 Å². The van der Waals surface area contributed by atoms with E-state index in [9.17, 15) is 0 Å². The van der Waals surface area contributed by atoms with E-state index >= 15 is 0 Å². The number of anilines is 2. The van der Waals surface area contributed by atoms with Gasteiger partial charge in [-0.1, -0.05) is 29.3 Å². The number of hydrogen-bond donors (Lipinski definition) is 2. The van der Waals surface area contributed by atoms with Gasteiger partial charge < -0.3 is 11.1 Å². The molecule has 108 valence electrons. The minimum absolute atomic E-state index is 0.536. The van der Waals surface area contributed by atoms with Crippen molar-refractivity contribution < 1.29 is 0 Å². The average Bonchev–Trinajstić information content (AvgIpc) is 2.75. The van der Waals surface area contributed by atoms with E-state index in [2.05, 4.69) is 15.4 Å². The van der Waals surface area contributed by atoms with Crippen molar-refractivity contribution in [3.05, 3.63) is 51.6 Å². The van der Waals surface area contributed by atoms with Crippen LogP contribution >= 0.6 is 23.2 Å². The Kier molecular flexibility index (Phi) is 3.61. The number of nitrogens with one attached hydrogen (secondary N) is 1. The molecule has 0 bridgehead atoms. The summed E-state index contributed by atoms with van der Waals surface area (Å²) in [6, 6.07) is 9.24. The van der Waals surface area contributed by atoms with Gasteiger partial charge in [0.2, 0.25) is 0 Å². The molecule has 3 rings (SSSR count). The van der Waals surface area contributed by atoms with Gasteiger partial charge in [-0.25, -0.2) is 4.98 Å². The molecule has 2 aromatic heterocycles. The standard InChI is InChI=1S/C14H13Cl2N5/c1-8-14(17)21-13(19-8)5-4-12(20-21)18-7-9-2-3-10(15)11(16)6-9/h2-6H,7,17H2,1H3,(H,18,20). The van der Waals surface area contributed by atoms with Crippen LogP contribution in [0.3, 0.4) is 0 Å². The normalized spacial score (nSPS) is 11.0. The highest BCUT2D eigenvalue weighted by Gasteiger charge is 2.07. The van der Waals surface area contributed by atoms with Gasteiger partial charge in [0.25, 0.3) is 0 Å². The highest BCUT2D eigenvalue weighted by molar-refractivity contribution is 6.42. The van der Waals surface area contributed by atoms with Gasteiger partial charge in [0.05, 0.1) is 15.7 Å². The zero-order chi connectivity index (χ0) is 15.0. The summed E-state index contributed by atoms with van der Waals surface area (Å²) in [4.78, 5) is 4.31. The predicted octanol–water partition coefficient (Wildman–Crippen LogP) is 3.54. The Hall–Kier alpha value is -1.98. The van der Waals surface area contributed by atoms with Gasteiger partial charge in [-0.15, -0.1) is 5.10 Å². The first kappa shape index (κ1) is 14.0. The molecule has 1 aromatic carbocycles. The lowest BCUT2D eigenvalue weighted by Crippen LogP contribution is -2.05. The first-order chi connectivity index (χ1) is 10.0. The maximum absolute atomic E-state index is 5.99. The Balaban J connectivity index is 1.81. The summed E-state index contributed by atoms with van der Waals surface area (Å²) in [5.74, 6) is 1.25. The first-order valence-corrected chi connectivity index (χ1v) is 7.10. The minimum Gasteiger partial charge on any atom is -0.382 e. The van der Waals surface area contributed by atoms with E-state index in [1.807, 2.05) is 31.2 Å². The minimum atomic E-state index is 0.536. The van der Waals surface area contributed by atoms with Crippen molar-refractivity contribution in [1.82, 2.24) is 14.6 Å². The topological polar surface area (TPSA) is 68.2 Å². The quantitative estimate of drug-likeness (QED) is 0.774. The Labute approximate surface area is 131 Å². The molecule has 5 nitrogen and oxygen atoms in total. The molecule has 0 aliphatic rings. The number of aryl methyl sites for hydroxylation is 1. The summed E-state index contributed by atoms with van der Waals surface area (Å²) in [7, 11) is 0. The van der Waals surface area contributed by atoms with Crippen LogP contribution in [0.25, 0.3) is 5.65 Å². The highest BCUT2D eigenvalue weighted by Crippen LogP contribution is 2.23. The van der Waals surface area contributed by atoms with Crippen molar-refractivity contribution in [2.75, 3.05) is 11.1 Å². The largest absolute Gasteiger partial charge is 0.382 e. The molecule has 0 aliphatic heterocycles. The maximum Gasteiger partial charge on any atom is 0.156 e. The SMILES string of the molecule is Cc1nc2ccc(NCc3ccc(Cl)c(Cl)c3)nn2c1N. The van der Waals surface area contributed by atoms with Crippen LogP contribution in [0, 0.1) is 6.92 Å². The Bertz CT molecular complexity index is 812. The molecule has 21 heavy (non-hydrogen) atoms. The zero-order valence-corrected chi connectivity index (χ0v) is 12.8. The molecule has 3 N–H and O–H groups in total. The molecule has 0 fully saturated rings. The molecule has 3 aromatic rings. The predicted molar refractivity (Wildman–Crippen MR) is 85.9 cm³/mol. The van der Waals surface area contributed by atoms with Gasteiger partial charge in [-0.05, 0) is 36.8 Å². The van der Waals surface area contributed by atoms with E-state index in [1.54, 1.807) is 10.6 Å². The van der Waals surface area contributed by atoms with Gasteiger partial charge in [0, 0.05) is 6.54 Å². The number of fused-ring (bicyclic) bond motifs is 1. The molecule has 7 heteroatoms. The third-order valence-electron chi connectivity index (χ3n) is 3.15. The van der Waals surface area contributed by atoms with Crippen molar-refractivity contribution in [3.63, 3.8) is 0 Å². The van der Waals surface area contributed by atoms with E-state index in [1.165, 1.54) is 0 Å². The Morgan fingerprint density at radius 3 is 2.76 bits per heavy atom. The number of nitrogens with two attached hydrogens (primary N) is 1. The fourth-order valence-electron chi connectivity index (χ4n) is 2.00. The number of imidazole rings is 1. The highest BCUT2D eigenvalue weighted by atomic mass is 35.5. The van der Waals surface area contributed by atoms with Crippen LogP contribution in [0.2, 0.25) is 10.0 Å². The van der Waals surface area contributed by atoms with Crippen molar-refractivity contribution in [2.24, 2.45) is 0 Å². The smallest absolute Gasteiger partial charge is 0.156 e. The lowest BCUT2D eigenvalue weighted by Gasteiger charge is -2.07. The van der Waals surface area contributed by atoms with E-state index in [4.69, 9.17) is 28.9 Å². The molecule has 0 radical (unpaired) electrons.